The number of ether oxygens (including phenoxy) is 2. The molecule has 2 saturated heterocycles. The minimum Gasteiger partial charge on any atom is -0.493 e. The number of unbranched alkanes of at least 4 members (excludes halogenated alkanes) is 3. The quantitative estimate of drug-likeness (QED) is 0.544. The van der Waals surface area contributed by atoms with Crippen molar-refractivity contribution in [3.8, 4) is 11.5 Å². The average Bonchev–Trinajstić information content (AvgIpc) is 3.24. The molecule has 33 heavy (non-hydrogen) atoms. The Balaban J connectivity index is 1.56. The number of benzene rings is 1. The second kappa shape index (κ2) is 11.9. The van der Waals surface area contributed by atoms with Crippen molar-refractivity contribution < 1.29 is 23.9 Å². The fourth-order valence-corrected chi connectivity index (χ4v) is 4.67. The van der Waals surface area contributed by atoms with E-state index in [0.717, 1.165) is 25.7 Å². The van der Waals surface area contributed by atoms with E-state index in [4.69, 9.17) is 9.47 Å². The van der Waals surface area contributed by atoms with Crippen LogP contribution in [0.3, 0.4) is 0 Å². The maximum absolute atomic E-state index is 13.2. The highest BCUT2D eigenvalue weighted by Crippen LogP contribution is 2.34. The van der Waals surface area contributed by atoms with Gasteiger partial charge in [0.2, 0.25) is 17.7 Å². The molecular weight excluding hydrogens is 422 g/mol. The summed E-state index contributed by atoms with van der Waals surface area (Å²) in [7, 11) is 3.11. The molecule has 2 heterocycles. The van der Waals surface area contributed by atoms with Gasteiger partial charge in [0, 0.05) is 44.4 Å². The van der Waals surface area contributed by atoms with E-state index < -0.39 is 5.92 Å². The Bertz CT molecular complexity index is 843. The number of anilines is 1. The molecule has 1 aromatic rings. The van der Waals surface area contributed by atoms with Gasteiger partial charge in [-0.3, -0.25) is 14.4 Å². The number of rotatable bonds is 10. The van der Waals surface area contributed by atoms with Gasteiger partial charge in [-0.15, -0.1) is 0 Å². The van der Waals surface area contributed by atoms with Gasteiger partial charge in [0.05, 0.1) is 26.1 Å². The number of hydrogen-bond donors (Lipinski definition) is 1. The van der Waals surface area contributed by atoms with Crippen LogP contribution in [-0.4, -0.2) is 63.0 Å². The smallest absolute Gasteiger partial charge is 0.228 e. The lowest BCUT2D eigenvalue weighted by atomic mass is 9.95. The number of nitrogens with one attached hydrogen (secondary N) is 1. The number of nitrogens with zero attached hydrogens (tertiary/aromatic N) is 2. The molecule has 2 aliphatic rings. The Morgan fingerprint density at radius 3 is 2.58 bits per heavy atom. The van der Waals surface area contributed by atoms with Crippen molar-refractivity contribution in [3.63, 3.8) is 0 Å². The number of carbonyl (C=O) groups excluding carboxylic acids is 3. The van der Waals surface area contributed by atoms with Crippen molar-refractivity contribution in [2.45, 2.75) is 51.9 Å². The van der Waals surface area contributed by atoms with Crippen molar-refractivity contribution in [2.24, 2.45) is 11.8 Å². The molecule has 0 saturated carbocycles. The zero-order valence-electron chi connectivity index (χ0n) is 20.1. The monoisotopic (exact) mass is 459 g/mol. The SMILES string of the molecule is CCCCCCNC(=O)C1CCCN(C(=O)C2CC(=O)N(c3ccc(OC)c(OC)c3)C2)C1. The van der Waals surface area contributed by atoms with E-state index in [0.29, 0.717) is 43.4 Å². The first-order valence-electron chi connectivity index (χ1n) is 12.1. The van der Waals surface area contributed by atoms with Gasteiger partial charge in [0.1, 0.15) is 0 Å². The molecule has 0 aliphatic carbocycles. The summed E-state index contributed by atoms with van der Waals surface area (Å²) in [6.07, 6.45) is 6.25. The molecule has 0 spiro atoms. The Morgan fingerprint density at radius 2 is 1.85 bits per heavy atom. The number of hydrogen-bond acceptors (Lipinski definition) is 5. The first kappa shape index (κ1) is 24.9. The average molecular weight is 460 g/mol. The molecule has 182 valence electrons. The molecular formula is C25H37N3O5. The maximum Gasteiger partial charge on any atom is 0.228 e. The first-order valence-corrected chi connectivity index (χ1v) is 12.1. The lowest BCUT2D eigenvalue weighted by Gasteiger charge is -2.33. The molecule has 0 radical (unpaired) electrons. The lowest BCUT2D eigenvalue weighted by molar-refractivity contribution is -0.139. The van der Waals surface area contributed by atoms with Crippen LogP contribution in [0.1, 0.15) is 51.9 Å². The summed E-state index contributed by atoms with van der Waals surface area (Å²) in [6, 6.07) is 5.31. The minimum absolute atomic E-state index is 0.0354. The topological polar surface area (TPSA) is 88.2 Å². The van der Waals surface area contributed by atoms with E-state index >= 15 is 0 Å². The molecule has 2 fully saturated rings. The van der Waals surface area contributed by atoms with Crippen LogP contribution in [0, 0.1) is 11.8 Å². The Kier molecular flexibility index (Phi) is 8.97. The highest BCUT2D eigenvalue weighted by atomic mass is 16.5. The van der Waals surface area contributed by atoms with Crippen LogP contribution >= 0.6 is 0 Å². The number of piperidine rings is 1. The number of methoxy groups -OCH3 is 2. The van der Waals surface area contributed by atoms with Crippen LogP contribution < -0.4 is 19.7 Å². The number of amides is 3. The van der Waals surface area contributed by atoms with Crippen molar-refractivity contribution in [3.05, 3.63) is 18.2 Å². The van der Waals surface area contributed by atoms with Crippen LogP contribution in [0.5, 0.6) is 11.5 Å². The van der Waals surface area contributed by atoms with Crippen molar-refractivity contribution in [2.75, 3.05) is 45.3 Å². The predicted molar refractivity (Wildman–Crippen MR) is 126 cm³/mol. The van der Waals surface area contributed by atoms with Gasteiger partial charge in [-0.05, 0) is 31.4 Å². The molecule has 0 aromatic heterocycles. The van der Waals surface area contributed by atoms with Gasteiger partial charge in [-0.1, -0.05) is 26.2 Å². The van der Waals surface area contributed by atoms with Crippen molar-refractivity contribution in [1.29, 1.82) is 0 Å². The summed E-state index contributed by atoms with van der Waals surface area (Å²) in [5.74, 6) is 0.472. The van der Waals surface area contributed by atoms with Crippen molar-refractivity contribution in [1.82, 2.24) is 10.2 Å². The summed E-state index contributed by atoms with van der Waals surface area (Å²) >= 11 is 0. The van der Waals surface area contributed by atoms with Gasteiger partial charge < -0.3 is 24.6 Å². The second-order valence-corrected chi connectivity index (χ2v) is 8.92. The lowest BCUT2D eigenvalue weighted by Crippen LogP contribution is -2.47. The molecule has 2 atom stereocenters. The molecule has 3 amide bonds. The molecule has 8 nitrogen and oxygen atoms in total. The number of likely N-dealkylation sites (tertiary alicyclic amines) is 1. The van der Waals surface area contributed by atoms with Crippen LogP contribution in [0.2, 0.25) is 0 Å². The van der Waals surface area contributed by atoms with Gasteiger partial charge in [0.15, 0.2) is 11.5 Å². The zero-order valence-corrected chi connectivity index (χ0v) is 20.1. The van der Waals surface area contributed by atoms with Gasteiger partial charge in [-0.25, -0.2) is 0 Å². The molecule has 1 aromatic carbocycles. The summed E-state index contributed by atoms with van der Waals surface area (Å²) in [5.41, 5.74) is 0.687. The molecule has 2 unspecified atom stereocenters. The summed E-state index contributed by atoms with van der Waals surface area (Å²) < 4.78 is 10.6. The summed E-state index contributed by atoms with van der Waals surface area (Å²) in [6.45, 7) is 4.26. The van der Waals surface area contributed by atoms with E-state index in [1.807, 2.05) is 0 Å². The molecule has 1 N–H and O–H groups in total. The molecule has 0 bridgehead atoms. The van der Waals surface area contributed by atoms with Crippen LogP contribution in [0.25, 0.3) is 0 Å². The van der Waals surface area contributed by atoms with E-state index in [9.17, 15) is 14.4 Å². The zero-order chi connectivity index (χ0) is 23.8. The van der Waals surface area contributed by atoms with E-state index in [1.54, 1.807) is 42.2 Å². The van der Waals surface area contributed by atoms with Crippen molar-refractivity contribution >= 4 is 23.4 Å². The fourth-order valence-electron chi connectivity index (χ4n) is 4.67. The minimum atomic E-state index is -0.401. The number of carbonyl (C=O) groups is 3. The van der Waals surface area contributed by atoms with Crippen LogP contribution in [0.15, 0.2) is 18.2 Å². The third kappa shape index (κ3) is 6.18. The first-order chi connectivity index (χ1) is 16.0. The van der Waals surface area contributed by atoms with Crippen LogP contribution in [-0.2, 0) is 14.4 Å². The standard InChI is InChI=1S/C25H37N3O5/c1-4-5-6-7-12-26-24(30)18-9-8-13-27(16-18)25(31)19-14-23(29)28(17-19)20-10-11-21(32-2)22(15-20)33-3/h10-11,15,18-19H,4-9,12-14,16-17H2,1-3H3,(H,26,30). The normalized spacial score (nSPS) is 20.6. The fraction of sp³-hybridized carbons (Fsp3) is 0.640. The second-order valence-electron chi connectivity index (χ2n) is 8.92. The third-order valence-corrected chi connectivity index (χ3v) is 6.59. The largest absolute Gasteiger partial charge is 0.493 e. The molecule has 2 aliphatic heterocycles. The summed E-state index contributed by atoms with van der Waals surface area (Å²) in [5, 5.41) is 3.03. The van der Waals surface area contributed by atoms with Gasteiger partial charge in [-0.2, -0.15) is 0 Å². The van der Waals surface area contributed by atoms with Gasteiger partial charge in [0.25, 0.3) is 0 Å². The Hall–Kier alpha value is -2.77. The third-order valence-electron chi connectivity index (χ3n) is 6.59. The Morgan fingerprint density at radius 1 is 1.06 bits per heavy atom. The summed E-state index contributed by atoms with van der Waals surface area (Å²) in [4.78, 5) is 41.9. The molecule has 8 heteroatoms. The highest BCUT2D eigenvalue weighted by Gasteiger charge is 2.39. The predicted octanol–water partition coefficient (Wildman–Crippen LogP) is 2.99. The Labute approximate surface area is 196 Å². The maximum atomic E-state index is 13.2. The molecule has 3 rings (SSSR count). The van der Waals surface area contributed by atoms with E-state index in [-0.39, 0.29) is 30.1 Å². The highest BCUT2D eigenvalue weighted by molar-refractivity contribution is 6.00. The van der Waals surface area contributed by atoms with Gasteiger partial charge >= 0.3 is 0 Å². The van der Waals surface area contributed by atoms with E-state index in [1.165, 1.54) is 12.8 Å². The van der Waals surface area contributed by atoms with E-state index in [2.05, 4.69) is 12.2 Å². The van der Waals surface area contributed by atoms with Crippen LogP contribution in [0.4, 0.5) is 5.69 Å².